The van der Waals surface area contributed by atoms with Gasteiger partial charge in [0.25, 0.3) is 0 Å². The zero-order chi connectivity index (χ0) is 12.1. The van der Waals surface area contributed by atoms with Crippen molar-refractivity contribution in [3.8, 4) is 0 Å². The fourth-order valence-corrected chi connectivity index (χ4v) is 1.27. The van der Waals surface area contributed by atoms with Crippen molar-refractivity contribution in [1.29, 1.82) is 0 Å². The quantitative estimate of drug-likeness (QED) is 0.844. The Balaban J connectivity index is 1.82. The highest BCUT2D eigenvalue weighted by atomic mass is 16.5. The van der Waals surface area contributed by atoms with Gasteiger partial charge in [-0.3, -0.25) is 0 Å². The average molecular weight is 232 g/mol. The van der Waals surface area contributed by atoms with E-state index in [1.165, 1.54) is 0 Å². The van der Waals surface area contributed by atoms with E-state index in [4.69, 9.17) is 4.52 Å². The largest absolute Gasteiger partial charge is 0.340 e. The second-order valence-electron chi connectivity index (χ2n) is 3.40. The highest BCUT2D eigenvalue weighted by molar-refractivity contribution is 5.89. The van der Waals surface area contributed by atoms with Crippen LogP contribution in [0.2, 0.25) is 0 Å². The molecule has 17 heavy (non-hydrogen) atoms. The molecule has 0 saturated heterocycles. The van der Waals surface area contributed by atoms with Crippen LogP contribution >= 0.6 is 0 Å². The van der Waals surface area contributed by atoms with E-state index in [9.17, 15) is 4.79 Å². The fourth-order valence-electron chi connectivity index (χ4n) is 1.27. The Morgan fingerprint density at radius 2 is 2.12 bits per heavy atom. The summed E-state index contributed by atoms with van der Waals surface area (Å²) in [7, 11) is 0. The minimum atomic E-state index is -0.307. The second kappa shape index (κ2) is 5.11. The summed E-state index contributed by atoms with van der Waals surface area (Å²) in [5, 5.41) is 8.97. The Kier molecular flexibility index (Phi) is 3.34. The zero-order valence-corrected chi connectivity index (χ0v) is 9.30. The van der Waals surface area contributed by atoms with Gasteiger partial charge in [-0.1, -0.05) is 23.4 Å². The number of carbonyl (C=O) groups is 1. The van der Waals surface area contributed by atoms with Crippen LogP contribution in [0.15, 0.2) is 34.9 Å². The number of rotatable bonds is 3. The lowest BCUT2D eigenvalue weighted by molar-refractivity contribution is 0.251. The summed E-state index contributed by atoms with van der Waals surface area (Å²) in [6.45, 7) is 1.93. The molecule has 88 valence electrons. The Morgan fingerprint density at radius 3 is 2.76 bits per heavy atom. The standard InChI is InChI=1S/C11H12N4O2/c1-8-13-10(15-17-8)7-12-11(16)14-9-5-3-2-4-6-9/h2-6H,7H2,1H3,(H2,12,14,16). The van der Waals surface area contributed by atoms with Crippen molar-refractivity contribution in [1.82, 2.24) is 15.5 Å². The Labute approximate surface area is 98.0 Å². The molecular weight excluding hydrogens is 220 g/mol. The van der Waals surface area contributed by atoms with Crippen LogP contribution in [-0.4, -0.2) is 16.2 Å². The number of urea groups is 1. The number of carbonyl (C=O) groups excluding carboxylic acids is 1. The zero-order valence-electron chi connectivity index (χ0n) is 9.30. The van der Waals surface area contributed by atoms with Gasteiger partial charge in [-0.15, -0.1) is 0 Å². The van der Waals surface area contributed by atoms with E-state index in [1.807, 2.05) is 18.2 Å². The molecule has 0 fully saturated rings. The lowest BCUT2D eigenvalue weighted by Gasteiger charge is -2.05. The van der Waals surface area contributed by atoms with Crippen molar-refractivity contribution in [2.75, 3.05) is 5.32 Å². The molecule has 0 unspecified atom stereocenters. The van der Waals surface area contributed by atoms with E-state index in [-0.39, 0.29) is 12.6 Å². The third-order valence-corrected chi connectivity index (χ3v) is 2.01. The molecule has 2 rings (SSSR count). The highest BCUT2D eigenvalue weighted by Crippen LogP contribution is 2.04. The molecule has 2 aromatic rings. The van der Waals surface area contributed by atoms with Gasteiger partial charge in [0.1, 0.15) is 0 Å². The minimum Gasteiger partial charge on any atom is -0.340 e. The van der Waals surface area contributed by atoms with Gasteiger partial charge < -0.3 is 15.2 Å². The van der Waals surface area contributed by atoms with E-state index in [1.54, 1.807) is 19.1 Å². The number of anilines is 1. The van der Waals surface area contributed by atoms with Crippen LogP contribution < -0.4 is 10.6 Å². The van der Waals surface area contributed by atoms with Crippen molar-refractivity contribution in [2.24, 2.45) is 0 Å². The van der Waals surface area contributed by atoms with Crippen LogP contribution in [0.5, 0.6) is 0 Å². The van der Waals surface area contributed by atoms with Crippen LogP contribution in [-0.2, 0) is 6.54 Å². The normalized spacial score (nSPS) is 9.94. The molecule has 6 nitrogen and oxygen atoms in total. The third kappa shape index (κ3) is 3.30. The predicted molar refractivity (Wildman–Crippen MR) is 61.3 cm³/mol. The molecule has 1 aromatic heterocycles. The summed E-state index contributed by atoms with van der Waals surface area (Å²) >= 11 is 0. The number of aromatic nitrogens is 2. The number of hydrogen-bond acceptors (Lipinski definition) is 4. The van der Waals surface area contributed by atoms with E-state index >= 15 is 0 Å². The monoisotopic (exact) mass is 232 g/mol. The van der Waals surface area contributed by atoms with Crippen molar-refractivity contribution in [3.05, 3.63) is 42.0 Å². The van der Waals surface area contributed by atoms with Crippen LogP contribution in [0.25, 0.3) is 0 Å². The minimum absolute atomic E-state index is 0.232. The lowest BCUT2D eigenvalue weighted by Crippen LogP contribution is -2.28. The number of aryl methyl sites for hydroxylation is 1. The van der Waals surface area contributed by atoms with Crippen LogP contribution in [0.4, 0.5) is 10.5 Å². The summed E-state index contributed by atoms with van der Waals surface area (Å²) in [4.78, 5) is 15.5. The first-order valence-electron chi connectivity index (χ1n) is 5.13. The Morgan fingerprint density at radius 1 is 1.35 bits per heavy atom. The van der Waals surface area contributed by atoms with E-state index < -0.39 is 0 Å². The third-order valence-electron chi connectivity index (χ3n) is 2.01. The molecule has 0 radical (unpaired) electrons. The first-order valence-corrected chi connectivity index (χ1v) is 5.13. The first kappa shape index (κ1) is 11.1. The molecule has 6 heteroatoms. The van der Waals surface area contributed by atoms with E-state index in [0.717, 1.165) is 5.69 Å². The Hall–Kier alpha value is -2.37. The van der Waals surface area contributed by atoms with Crippen molar-refractivity contribution >= 4 is 11.7 Å². The van der Waals surface area contributed by atoms with Gasteiger partial charge >= 0.3 is 6.03 Å². The number of benzene rings is 1. The summed E-state index contributed by atoms with van der Waals surface area (Å²) in [6, 6.07) is 8.87. The van der Waals surface area contributed by atoms with Gasteiger partial charge in [-0.2, -0.15) is 4.98 Å². The summed E-state index contributed by atoms with van der Waals surface area (Å²) in [6.07, 6.45) is 0. The molecule has 2 N–H and O–H groups in total. The van der Waals surface area contributed by atoms with Crippen LogP contribution in [0.1, 0.15) is 11.7 Å². The number of hydrogen-bond donors (Lipinski definition) is 2. The first-order chi connectivity index (χ1) is 8.24. The molecule has 0 atom stereocenters. The van der Waals surface area contributed by atoms with Gasteiger partial charge in [0.05, 0.1) is 6.54 Å². The highest BCUT2D eigenvalue weighted by Gasteiger charge is 2.05. The maximum Gasteiger partial charge on any atom is 0.319 e. The van der Waals surface area contributed by atoms with Gasteiger partial charge in [-0.25, -0.2) is 4.79 Å². The van der Waals surface area contributed by atoms with Crippen LogP contribution in [0.3, 0.4) is 0 Å². The van der Waals surface area contributed by atoms with E-state index in [2.05, 4.69) is 20.8 Å². The number of nitrogens with one attached hydrogen (secondary N) is 2. The average Bonchev–Trinajstić information content (AvgIpc) is 2.74. The molecular formula is C11H12N4O2. The van der Waals surface area contributed by atoms with Gasteiger partial charge in [0, 0.05) is 12.6 Å². The molecule has 0 spiro atoms. The molecule has 0 bridgehead atoms. The van der Waals surface area contributed by atoms with E-state index in [0.29, 0.717) is 11.7 Å². The molecule has 0 aliphatic rings. The molecule has 2 amide bonds. The molecule has 0 aliphatic carbocycles. The number of amides is 2. The summed E-state index contributed by atoms with van der Waals surface area (Å²) < 4.78 is 4.78. The maximum atomic E-state index is 11.5. The van der Waals surface area contributed by atoms with Gasteiger partial charge in [-0.05, 0) is 12.1 Å². The van der Waals surface area contributed by atoms with Crippen molar-refractivity contribution in [2.45, 2.75) is 13.5 Å². The maximum absolute atomic E-state index is 11.5. The topological polar surface area (TPSA) is 80.0 Å². The second-order valence-corrected chi connectivity index (χ2v) is 3.40. The smallest absolute Gasteiger partial charge is 0.319 e. The predicted octanol–water partition coefficient (Wildman–Crippen LogP) is 1.70. The number of para-hydroxylation sites is 1. The van der Waals surface area contributed by atoms with Gasteiger partial charge in [0.2, 0.25) is 5.89 Å². The molecule has 0 aliphatic heterocycles. The SMILES string of the molecule is Cc1nc(CNC(=O)Nc2ccccc2)no1. The van der Waals surface area contributed by atoms with Gasteiger partial charge in [0.15, 0.2) is 5.82 Å². The lowest BCUT2D eigenvalue weighted by atomic mass is 10.3. The van der Waals surface area contributed by atoms with Crippen molar-refractivity contribution in [3.63, 3.8) is 0 Å². The summed E-state index contributed by atoms with van der Waals surface area (Å²) in [5.41, 5.74) is 0.731. The fraction of sp³-hybridized carbons (Fsp3) is 0.182. The molecule has 1 aromatic carbocycles. The number of nitrogens with zero attached hydrogens (tertiary/aromatic N) is 2. The Bertz CT molecular complexity index is 495. The van der Waals surface area contributed by atoms with Crippen molar-refractivity contribution < 1.29 is 9.32 Å². The molecule has 1 heterocycles. The molecule has 0 saturated carbocycles. The van der Waals surface area contributed by atoms with Crippen LogP contribution in [0, 0.1) is 6.92 Å². The summed E-state index contributed by atoms with van der Waals surface area (Å²) in [5.74, 6) is 0.927.